The van der Waals surface area contributed by atoms with E-state index in [1.54, 1.807) is 44.6 Å². The predicted octanol–water partition coefficient (Wildman–Crippen LogP) is 3.85. The first-order valence-electron chi connectivity index (χ1n) is 6.67. The summed E-state index contributed by atoms with van der Waals surface area (Å²) in [5.41, 5.74) is 2.98. The van der Waals surface area contributed by atoms with E-state index in [4.69, 9.17) is 21.1 Å². The number of fused-ring (bicyclic) bond motifs is 1. The summed E-state index contributed by atoms with van der Waals surface area (Å²) in [7, 11) is 3.16. The van der Waals surface area contributed by atoms with Crippen LogP contribution in [0.25, 0.3) is 11.6 Å². The first kappa shape index (κ1) is 14.5. The van der Waals surface area contributed by atoms with Gasteiger partial charge < -0.3 is 14.8 Å². The van der Waals surface area contributed by atoms with Crippen LogP contribution in [0.5, 0.6) is 11.5 Å². The van der Waals surface area contributed by atoms with Crippen molar-refractivity contribution >= 4 is 34.8 Å². The number of hydrogen-bond acceptors (Lipinski definition) is 3. The highest BCUT2D eigenvalue weighted by Gasteiger charge is 2.24. The van der Waals surface area contributed by atoms with E-state index >= 15 is 0 Å². The predicted molar refractivity (Wildman–Crippen MR) is 87.5 cm³/mol. The molecular formula is C17H14ClNO3. The molecular weight excluding hydrogens is 302 g/mol. The molecule has 3 rings (SSSR count). The number of anilines is 1. The second-order valence-corrected chi connectivity index (χ2v) is 5.25. The molecule has 0 aromatic heterocycles. The van der Waals surface area contributed by atoms with Crippen LogP contribution in [0.1, 0.15) is 11.1 Å². The largest absolute Gasteiger partial charge is 0.493 e. The van der Waals surface area contributed by atoms with Crippen LogP contribution < -0.4 is 14.8 Å². The molecule has 1 aliphatic heterocycles. The van der Waals surface area contributed by atoms with Gasteiger partial charge in [-0.25, -0.2) is 0 Å². The Labute approximate surface area is 133 Å². The molecule has 1 heterocycles. The summed E-state index contributed by atoms with van der Waals surface area (Å²) < 4.78 is 10.5. The van der Waals surface area contributed by atoms with Gasteiger partial charge in [-0.1, -0.05) is 17.7 Å². The third-order valence-corrected chi connectivity index (χ3v) is 3.72. The van der Waals surface area contributed by atoms with Gasteiger partial charge in [0, 0.05) is 21.8 Å². The molecule has 0 saturated heterocycles. The minimum absolute atomic E-state index is 0.146. The number of carbonyl (C=O) groups excluding carboxylic acids is 1. The number of halogens is 1. The first-order valence-corrected chi connectivity index (χ1v) is 7.05. The highest BCUT2D eigenvalue weighted by Crippen LogP contribution is 2.36. The second kappa shape index (κ2) is 5.73. The fourth-order valence-corrected chi connectivity index (χ4v) is 2.58. The number of carbonyl (C=O) groups is 1. The molecule has 4 nitrogen and oxygen atoms in total. The molecule has 2 aromatic carbocycles. The van der Waals surface area contributed by atoms with Crippen molar-refractivity contribution in [1.82, 2.24) is 0 Å². The van der Waals surface area contributed by atoms with Gasteiger partial charge in [0.15, 0.2) is 11.5 Å². The Morgan fingerprint density at radius 2 is 1.82 bits per heavy atom. The molecule has 0 saturated carbocycles. The van der Waals surface area contributed by atoms with Crippen LogP contribution in [-0.4, -0.2) is 20.1 Å². The van der Waals surface area contributed by atoms with Crippen LogP contribution >= 0.6 is 11.6 Å². The molecule has 0 aliphatic carbocycles. The van der Waals surface area contributed by atoms with Crippen LogP contribution in [-0.2, 0) is 4.79 Å². The number of amides is 1. The summed E-state index contributed by atoms with van der Waals surface area (Å²) in [6.07, 6.45) is 1.81. The van der Waals surface area contributed by atoms with Crippen molar-refractivity contribution in [3.63, 3.8) is 0 Å². The van der Waals surface area contributed by atoms with E-state index in [0.29, 0.717) is 22.1 Å². The number of rotatable bonds is 3. The van der Waals surface area contributed by atoms with Gasteiger partial charge >= 0.3 is 0 Å². The summed E-state index contributed by atoms with van der Waals surface area (Å²) >= 11 is 6.02. The lowest BCUT2D eigenvalue weighted by Crippen LogP contribution is -2.03. The van der Waals surface area contributed by atoms with E-state index in [1.807, 2.05) is 12.1 Å². The zero-order chi connectivity index (χ0) is 15.7. The maximum Gasteiger partial charge on any atom is 0.256 e. The summed E-state index contributed by atoms with van der Waals surface area (Å²) in [6, 6.07) is 10.8. The zero-order valence-corrected chi connectivity index (χ0v) is 12.9. The maximum absolute atomic E-state index is 12.1. The maximum atomic E-state index is 12.1. The van der Waals surface area contributed by atoms with Gasteiger partial charge in [-0.05, 0) is 42.0 Å². The van der Waals surface area contributed by atoms with Crippen molar-refractivity contribution in [1.29, 1.82) is 0 Å². The summed E-state index contributed by atoms with van der Waals surface area (Å²) in [5, 5.41) is 3.42. The van der Waals surface area contributed by atoms with E-state index < -0.39 is 0 Å². The standard InChI is InChI=1S/C17H14ClNO3/c1-21-15-6-3-10(8-16(15)22-2)7-13-12-9-11(18)4-5-14(12)19-17(13)20/h3-9H,1-2H3,(H,19,20)/b13-7-. The Morgan fingerprint density at radius 1 is 1.05 bits per heavy atom. The molecule has 1 aliphatic rings. The van der Waals surface area contributed by atoms with Crippen LogP contribution in [0.4, 0.5) is 5.69 Å². The quantitative estimate of drug-likeness (QED) is 0.875. The molecule has 0 radical (unpaired) electrons. The van der Waals surface area contributed by atoms with E-state index in [9.17, 15) is 4.79 Å². The second-order valence-electron chi connectivity index (χ2n) is 4.82. The van der Waals surface area contributed by atoms with Gasteiger partial charge in [-0.2, -0.15) is 0 Å². The summed E-state index contributed by atoms with van der Waals surface area (Å²) in [4.78, 5) is 12.1. The number of nitrogens with one attached hydrogen (secondary N) is 1. The number of methoxy groups -OCH3 is 2. The molecule has 0 unspecified atom stereocenters. The third kappa shape index (κ3) is 2.53. The van der Waals surface area contributed by atoms with Crippen LogP contribution in [0, 0.1) is 0 Å². The van der Waals surface area contributed by atoms with Crippen molar-refractivity contribution in [2.75, 3.05) is 19.5 Å². The topological polar surface area (TPSA) is 47.6 Å². The molecule has 0 spiro atoms. The fraction of sp³-hybridized carbons (Fsp3) is 0.118. The van der Waals surface area contributed by atoms with Gasteiger partial charge in [-0.3, -0.25) is 4.79 Å². The fourth-order valence-electron chi connectivity index (χ4n) is 2.41. The van der Waals surface area contributed by atoms with Crippen LogP contribution in [0.2, 0.25) is 5.02 Å². The third-order valence-electron chi connectivity index (χ3n) is 3.48. The normalized spacial score (nSPS) is 14.7. The number of hydrogen-bond donors (Lipinski definition) is 1. The molecule has 0 bridgehead atoms. The summed E-state index contributed by atoms with van der Waals surface area (Å²) in [6.45, 7) is 0. The van der Waals surface area contributed by atoms with E-state index in [-0.39, 0.29) is 5.91 Å². The SMILES string of the molecule is COc1ccc(/C=C2\C(=O)Nc3ccc(Cl)cc32)cc1OC. The molecule has 2 aromatic rings. The van der Waals surface area contributed by atoms with E-state index in [1.165, 1.54) is 0 Å². The Bertz CT molecular complexity index is 783. The van der Waals surface area contributed by atoms with Gasteiger partial charge in [0.05, 0.1) is 14.2 Å². The Kier molecular flexibility index (Phi) is 3.77. The molecule has 5 heteroatoms. The number of benzene rings is 2. The average molecular weight is 316 g/mol. The average Bonchev–Trinajstić information content (AvgIpc) is 2.83. The Hall–Kier alpha value is -2.46. The van der Waals surface area contributed by atoms with Crippen molar-refractivity contribution in [3.05, 3.63) is 52.5 Å². The monoisotopic (exact) mass is 315 g/mol. The lowest BCUT2D eigenvalue weighted by Gasteiger charge is -2.08. The minimum atomic E-state index is -0.146. The van der Waals surface area contributed by atoms with Crippen LogP contribution in [0.15, 0.2) is 36.4 Å². The molecule has 112 valence electrons. The highest BCUT2D eigenvalue weighted by atomic mass is 35.5. The van der Waals surface area contributed by atoms with E-state index in [2.05, 4.69) is 5.32 Å². The lowest BCUT2D eigenvalue weighted by molar-refractivity contribution is -0.110. The van der Waals surface area contributed by atoms with Crippen molar-refractivity contribution < 1.29 is 14.3 Å². The lowest BCUT2D eigenvalue weighted by atomic mass is 10.0. The molecule has 0 fully saturated rings. The van der Waals surface area contributed by atoms with Gasteiger partial charge in [0.25, 0.3) is 5.91 Å². The summed E-state index contributed by atoms with van der Waals surface area (Å²) in [5.74, 6) is 1.11. The van der Waals surface area contributed by atoms with Crippen molar-refractivity contribution in [2.24, 2.45) is 0 Å². The number of ether oxygens (including phenoxy) is 2. The van der Waals surface area contributed by atoms with Crippen molar-refractivity contribution in [3.8, 4) is 11.5 Å². The van der Waals surface area contributed by atoms with Gasteiger partial charge in [0.1, 0.15) is 0 Å². The van der Waals surface area contributed by atoms with Gasteiger partial charge in [-0.15, -0.1) is 0 Å². The molecule has 22 heavy (non-hydrogen) atoms. The van der Waals surface area contributed by atoms with Crippen LogP contribution in [0.3, 0.4) is 0 Å². The van der Waals surface area contributed by atoms with Crippen molar-refractivity contribution in [2.45, 2.75) is 0 Å². The molecule has 1 N–H and O–H groups in total. The Morgan fingerprint density at radius 3 is 2.55 bits per heavy atom. The molecule has 1 amide bonds. The Balaban J connectivity index is 2.06. The minimum Gasteiger partial charge on any atom is -0.493 e. The highest BCUT2D eigenvalue weighted by molar-refractivity contribution is 6.36. The smallest absolute Gasteiger partial charge is 0.256 e. The zero-order valence-electron chi connectivity index (χ0n) is 12.1. The molecule has 0 atom stereocenters. The van der Waals surface area contributed by atoms with E-state index in [0.717, 1.165) is 16.8 Å². The first-order chi connectivity index (χ1) is 10.6. The van der Waals surface area contributed by atoms with Gasteiger partial charge in [0.2, 0.25) is 0 Å².